The number of nitrogens with one attached hydrogen (secondary N) is 1. The lowest BCUT2D eigenvalue weighted by Gasteiger charge is -2.27. The summed E-state index contributed by atoms with van der Waals surface area (Å²) in [6.45, 7) is 5.70. The Labute approximate surface area is 219 Å². The second-order valence-electron chi connectivity index (χ2n) is 8.43. The Kier molecular flexibility index (Phi) is 7.33. The minimum Gasteiger partial charge on any atom is -0.497 e. The average molecular weight is 518 g/mol. The Bertz CT molecular complexity index is 1490. The molecule has 0 bridgehead atoms. The zero-order chi connectivity index (χ0) is 27.6. The second kappa shape index (κ2) is 10.6. The highest BCUT2D eigenvalue weighted by molar-refractivity contribution is 6.39. The number of hydrogen-bond donors (Lipinski definition) is 1. The number of imide groups is 2. The van der Waals surface area contributed by atoms with E-state index in [2.05, 4.69) is 5.32 Å². The Balaban J connectivity index is 1.75. The van der Waals surface area contributed by atoms with Crippen LogP contribution in [0.5, 0.6) is 11.5 Å². The normalized spacial score (nSPS) is 14.5. The summed E-state index contributed by atoms with van der Waals surface area (Å²) < 4.78 is 17.5. The van der Waals surface area contributed by atoms with Gasteiger partial charge < -0.3 is 18.8 Å². The van der Waals surface area contributed by atoms with E-state index in [1.807, 2.05) is 30.5 Å². The third kappa shape index (κ3) is 4.75. The van der Waals surface area contributed by atoms with Gasteiger partial charge in [-0.1, -0.05) is 6.07 Å². The number of carbonyl (C=O) groups excluding carboxylic acids is 4. The van der Waals surface area contributed by atoms with E-state index in [9.17, 15) is 19.2 Å². The van der Waals surface area contributed by atoms with Crippen molar-refractivity contribution in [3.05, 3.63) is 76.6 Å². The van der Waals surface area contributed by atoms with E-state index in [-0.39, 0.29) is 23.6 Å². The summed E-state index contributed by atoms with van der Waals surface area (Å²) >= 11 is 0. The number of aryl methyl sites for hydroxylation is 1. The third-order valence-electron chi connectivity index (χ3n) is 6.12. The number of benzene rings is 2. The van der Waals surface area contributed by atoms with Crippen molar-refractivity contribution in [3.8, 4) is 17.2 Å². The smallest absolute Gasteiger partial charge is 0.338 e. The fraction of sp³-hybridized carbons (Fsp3) is 0.214. The first-order chi connectivity index (χ1) is 18.2. The molecule has 1 saturated heterocycles. The van der Waals surface area contributed by atoms with Gasteiger partial charge in [-0.15, -0.1) is 0 Å². The molecule has 4 amide bonds. The van der Waals surface area contributed by atoms with Gasteiger partial charge in [0.15, 0.2) is 0 Å². The molecule has 1 aromatic heterocycles. The number of hydrogen-bond acceptors (Lipinski definition) is 7. The molecule has 0 atom stereocenters. The molecule has 0 unspecified atom stereocenters. The minimum atomic E-state index is -0.887. The first kappa shape index (κ1) is 26.2. The predicted molar refractivity (Wildman–Crippen MR) is 140 cm³/mol. The Morgan fingerprint density at radius 2 is 1.76 bits per heavy atom. The highest BCUT2D eigenvalue weighted by atomic mass is 16.5. The first-order valence-corrected chi connectivity index (χ1v) is 11.8. The molecule has 2 aromatic carbocycles. The quantitative estimate of drug-likeness (QED) is 0.287. The van der Waals surface area contributed by atoms with Gasteiger partial charge in [0.2, 0.25) is 0 Å². The van der Waals surface area contributed by atoms with Crippen LogP contribution in [0.4, 0.5) is 10.5 Å². The highest BCUT2D eigenvalue weighted by Crippen LogP contribution is 2.34. The molecule has 4 rings (SSSR count). The summed E-state index contributed by atoms with van der Waals surface area (Å²) in [6, 6.07) is 12.5. The summed E-state index contributed by atoms with van der Waals surface area (Å²) in [5, 5.41) is 2.23. The van der Waals surface area contributed by atoms with Crippen molar-refractivity contribution >= 4 is 35.6 Å². The summed E-state index contributed by atoms with van der Waals surface area (Å²) in [4.78, 5) is 52.0. The molecule has 1 fully saturated rings. The lowest BCUT2D eigenvalue weighted by molar-refractivity contribution is -0.122. The van der Waals surface area contributed by atoms with Gasteiger partial charge >= 0.3 is 12.0 Å². The van der Waals surface area contributed by atoms with Crippen LogP contribution in [0, 0.1) is 13.8 Å². The van der Waals surface area contributed by atoms with E-state index in [0.717, 1.165) is 22.0 Å². The van der Waals surface area contributed by atoms with Gasteiger partial charge in [-0.05, 0) is 68.8 Å². The van der Waals surface area contributed by atoms with Crippen molar-refractivity contribution in [2.45, 2.75) is 20.8 Å². The Morgan fingerprint density at radius 1 is 1.00 bits per heavy atom. The largest absolute Gasteiger partial charge is 0.497 e. The molecule has 3 aromatic rings. The molecular formula is C28H27N3O7. The van der Waals surface area contributed by atoms with Crippen LogP contribution in [0.25, 0.3) is 11.8 Å². The van der Waals surface area contributed by atoms with Gasteiger partial charge in [-0.25, -0.2) is 14.5 Å². The highest BCUT2D eigenvalue weighted by Gasteiger charge is 2.38. The molecule has 196 valence electrons. The minimum absolute atomic E-state index is 0.162. The fourth-order valence-corrected chi connectivity index (χ4v) is 4.32. The maximum atomic E-state index is 13.5. The van der Waals surface area contributed by atoms with E-state index in [1.165, 1.54) is 32.4 Å². The predicted octanol–water partition coefficient (Wildman–Crippen LogP) is 3.95. The molecule has 1 N–H and O–H groups in total. The number of amides is 4. The number of rotatable bonds is 7. The summed E-state index contributed by atoms with van der Waals surface area (Å²) in [5.74, 6) is -1.33. The molecule has 10 nitrogen and oxygen atoms in total. The molecule has 38 heavy (non-hydrogen) atoms. The van der Waals surface area contributed by atoms with Crippen LogP contribution in [-0.2, 0) is 14.3 Å². The zero-order valence-electron chi connectivity index (χ0n) is 21.7. The van der Waals surface area contributed by atoms with Crippen molar-refractivity contribution in [2.24, 2.45) is 0 Å². The molecule has 1 aliphatic heterocycles. The van der Waals surface area contributed by atoms with Gasteiger partial charge in [-0.3, -0.25) is 14.9 Å². The molecule has 0 radical (unpaired) electrons. The summed E-state index contributed by atoms with van der Waals surface area (Å²) in [5.41, 5.74) is 3.19. The summed E-state index contributed by atoms with van der Waals surface area (Å²) in [7, 11) is 2.88. The number of anilines is 1. The van der Waals surface area contributed by atoms with Gasteiger partial charge in [0, 0.05) is 23.1 Å². The number of esters is 1. The molecule has 2 heterocycles. The van der Waals surface area contributed by atoms with Crippen LogP contribution in [0.2, 0.25) is 0 Å². The summed E-state index contributed by atoms with van der Waals surface area (Å²) in [6.07, 6.45) is 1.45. The van der Waals surface area contributed by atoms with Crippen molar-refractivity contribution in [1.29, 1.82) is 0 Å². The molecule has 0 aliphatic carbocycles. The van der Waals surface area contributed by atoms with Gasteiger partial charge in [0.25, 0.3) is 11.8 Å². The number of ether oxygens (including phenoxy) is 3. The van der Waals surface area contributed by atoms with E-state index in [0.29, 0.717) is 16.9 Å². The third-order valence-corrected chi connectivity index (χ3v) is 6.12. The van der Waals surface area contributed by atoms with Crippen molar-refractivity contribution < 1.29 is 33.4 Å². The van der Waals surface area contributed by atoms with Crippen LogP contribution in [0.15, 0.2) is 54.1 Å². The van der Waals surface area contributed by atoms with Crippen LogP contribution < -0.4 is 19.7 Å². The lowest BCUT2D eigenvalue weighted by atomic mass is 10.1. The maximum Gasteiger partial charge on any atom is 0.338 e. The number of methoxy groups -OCH3 is 2. The topological polar surface area (TPSA) is 116 Å². The number of carbonyl (C=O) groups is 4. The second-order valence-corrected chi connectivity index (χ2v) is 8.43. The molecule has 1 aliphatic rings. The Hall–Kier alpha value is -4.86. The SMILES string of the molecule is CCOC(=O)c1cccc(-n2c(C)cc(/C=C3\C(=O)NC(=O)N(c4ccc(OC)cc4OC)C3=O)c2C)c1. The standard InChI is InChI=1S/C28H27N3O7/c1-6-38-27(34)18-8-7-9-20(13-18)30-16(2)12-19(17(30)3)14-22-25(32)29-28(35)31(26(22)33)23-11-10-21(36-4)15-24(23)37-5/h7-15H,6H2,1-5H3,(H,29,32,35)/b22-14+. The number of nitrogens with zero attached hydrogens (tertiary/aromatic N) is 2. The van der Waals surface area contributed by atoms with Gasteiger partial charge in [-0.2, -0.15) is 0 Å². The van der Waals surface area contributed by atoms with Crippen LogP contribution in [0.1, 0.15) is 34.2 Å². The van der Waals surface area contributed by atoms with Gasteiger partial charge in [0.05, 0.1) is 32.1 Å². The first-order valence-electron chi connectivity index (χ1n) is 11.8. The average Bonchev–Trinajstić information content (AvgIpc) is 3.19. The molecule has 0 spiro atoms. The number of barbiturate groups is 1. The Morgan fingerprint density at radius 3 is 2.45 bits per heavy atom. The van der Waals surface area contributed by atoms with Crippen molar-refractivity contribution in [3.63, 3.8) is 0 Å². The fourth-order valence-electron chi connectivity index (χ4n) is 4.32. The van der Waals surface area contributed by atoms with Crippen molar-refractivity contribution in [2.75, 3.05) is 25.7 Å². The van der Waals surface area contributed by atoms with Crippen LogP contribution >= 0.6 is 0 Å². The van der Waals surface area contributed by atoms with E-state index < -0.39 is 23.8 Å². The zero-order valence-corrected chi connectivity index (χ0v) is 21.7. The lowest BCUT2D eigenvalue weighted by Crippen LogP contribution is -2.54. The van der Waals surface area contributed by atoms with Gasteiger partial charge in [0.1, 0.15) is 17.1 Å². The van der Waals surface area contributed by atoms with Crippen LogP contribution in [0.3, 0.4) is 0 Å². The van der Waals surface area contributed by atoms with Crippen molar-refractivity contribution in [1.82, 2.24) is 9.88 Å². The van der Waals surface area contributed by atoms with Crippen LogP contribution in [-0.4, -0.2) is 49.2 Å². The van der Waals surface area contributed by atoms with E-state index in [1.54, 1.807) is 31.2 Å². The monoisotopic (exact) mass is 517 g/mol. The molecular weight excluding hydrogens is 490 g/mol. The number of aromatic nitrogens is 1. The molecule has 0 saturated carbocycles. The molecule has 10 heteroatoms. The van der Waals surface area contributed by atoms with E-state index in [4.69, 9.17) is 14.2 Å². The number of urea groups is 1. The maximum absolute atomic E-state index is 13.5. The van der Waals surface area contributed by atoms with E-state index >= 15 is 0 Å².